The number of carbonyl (C=O) groups is 1. The molecule has 0 atom stereocenters. The highest BCUT2D eigenvalue weighted by Gasteiger charge is 2.61. The maximum absolute atomic E-state index is 12.1. The van der Waals surface area contributed by atoms with Crippen molar-refractivity contribution < 1.29 is 31.1 Å². The summed E-state index contributed by atoms with van der Waals surface area (Å²) in [7, 11) is 0. The van der Waals surface area contributed by atoms with Crippen molar-refractivity contribution in [3.63, 3.8) is 0 Å². The number of aromatic nitrogens is 3. The van der Waals surface area contributed by atoms with Crippen molar-refractivity contribution in [3.05, 3.63) is 12.7 Å². The van der Waals surface area contributed by atoms with Gasteiger partial charge in [0.15, 0.2) is 0 Å². The lowest BCUT2D eigenvalue weighted by atomic mass is 10.1. The Labute approximate surface area is 89.4 Å². The minimum Gasteiger partial charge on any atom is -0.272 e. The highest BCUT2D eigenvalue weighted by molar-refractivity contribution is 5.87. The Kier molecular flexibility index (Phi) is 3.29. The van der Waals surface area contributed by atoms with E-state index in [1.54, 1.807) is 0 Å². The van der Waals surface area contributed by atoms with Crippen LogP contribution in [0.15, 0.2) is 12.7 Å². The van der Waals surface area contributed by atoms with Gasteiger partial charge >= 0.3 is 12.4 Å². The van der Waals surface area contributed by atoms with Crippen LogP contribution in [0.3, 0.4) is 0 Å². The molecule has 17 heavy (non-hydrogen) atoms. The van der Waals surface area contributed by atoms with Gasteiger partial charge in [0, 0.05) is 0 Å². The lowest BCUT2D eigenvalue weighted by Gasteiger charge is -2.21. The van der Waals surface area contributed by atoms with Gasteiger partial charge in [0.05, 0.1) is 0 Å². The third-order valence-electron chi connectivity index (χ3n) is 1.57. The summed E-state index contributed by atoms with van der Waals surface area (Å²) in [4.78, 5) is 10.9. The summed E-state index contributed by atoms with van der Waals surface area (Å²) in [5.74, 6) is -6.36. The Morgan fingerprint density at radius 3 is 1.82 bits per heavy atom. The van der Waals surface area contributed by atoms with E-state index >= 15 is 0 Å². The number of rotatable bonds is 2. The van der Waals surface area contributed by atoms with Crippen LogP contribution in [0.4, 0.5) is 26.3 Å². The molecule has 0 aliphatic rings. The summed E-state index contributed by atoms with van der Waals surface area (Å²) in [5.41, 5.74) is 1.35. The SMILES string of the molecule is O=C(Nn1cnnc1)C(C(F)(F)F)C(F)(F)F. The quantitative estimate of drug-likeness (QED) is 0.811. The first-order valence-electron chi connectivity index (χ1n) is 3.91. The van der Waals surface area contributed by atoms with Gasteiger partial charge in [0.25, 0.3) is 5.91 Å². The molecule has 0 saturated heterocycles. The van der Waals surface area contributed by atoms with Crippen molar-refractivity contribution in [3.8, 4) is 0 Å². The van der Waals surface area contributed by atoms with E-state index in [9.17, 15) is 31.1 Å². The van der Waals surface area contributed by atoms with E-state index in [1.165, 1.54) is 5.43 Å². The third kappa shape index (κ3) is 3.32. The summed E-state index contributed by atoms with van der Waals surface area (Å²) in [6.45, 7) is 0. The first-order valence-corrected chi connectivity index (χ1v) is 3.91. The van der Waals surface area contributed by atoms with Gasteiger partial charge < -0.3 is 0 Å². The lowest BCUT2D eigenvalue weighted by Crippen LogP contribution is -2.46. The molecular weight excluding hydrogens is 258 g/mol. The predicted octanol–water partition coefficient (Wildman–Crippen LogP) is 1.09. The number of hydrogen-bond acceptors (Lipinski definition) is 3. The van der Waals surface area contributed by atoms with Crippen molar-refractivity contribution in [2.75, 3.05) is 5.43 Å². The molecule has 0 aromatic carbocycles. The predicted molar refractivity (Wildman–Crippen MR) is 40.0 cm³/mol. The van der Waals surface area contributed by atoms with Crippen LogP contribution in [0, 0.1) is 5.92 Å². The zero-order valence-corrected chi connectivity index (χ0v) is 7.75. The molecule has 1 heterocycles. The van der Waals surface area contributed by atoms with Gasteiger partial charge in [-0.15, -0.1) is 10.2 Å². The summed E-state index contributed by atoms with van der Waals surface area (Å²) >= 11 is 0. The standard InChI is InChI=1S/C6H4F6N4O/c7-5(8,9)3(6(10,11)12)4(17)15-16-1-13-14-2-16/h1-3H,(H,15,17). The highest BCUT2D eigenvalue weighted by atomic mass is 19.4. The minimum atomic E-state index is -5.73. The molecule has 1 aromatic rings. The zero-order valence-electron chi connectivity index (χ0n) is 7.75. The second-order valence-corrected chi connectivity index (χ2v) is 2.86. The molecule has 96 valence electrons. The van der Waals surface area contributed by atoms with Gasteiger partial charge in [0.2, 0.25) is 5.92 Å². The Balaban J connectivity index is 2.89. The topological polar surface area (TPSA) is 59.8 Å². The molecule has 1 aromatic heterocycles. The summed E-state index contributed by atoms with van der Waals surface area (Å²) in [6, 6.07) is 0. The van der Waals surface area contributed by atoms with Gasteiger partial charge in [-0.2, -0.15) is 26.3 Å². The molecule has 1 rings (SSSR count). The van der Waals surface area contributed by atoms with Crippen molar-refractivity contribution in [1.82, 2.24) is 14.9 Å². The molecule has 5 nitrogen and oxygen atoms in total. The van der Waals surface area contributed by atoms with E-state index in [-0.39, 0.29) is 0 Å². The van der Waals surface area contributed by atoms with Crippen LogP contribution >= 0.6 is 0 Å². The number of nitrogens with one attached hydrogen (secondary N) is 1. The summed E-state index contributed by atoms with van der Waals surface area (Å²) < 4.78 is 72.9. The molecule has 1 amide bonds. The minimum absolute atomic E-state index is 0.479. The zero-order chi connectivity index (χ0) is 13.3. The van der Waals surface area contributed by atoms with Gasteiger partial charge in [-0.3, -0.25) is 10.2 Å². The molecular formula is C6H4F6N4O. The van der Waals surface area contributed by atoms with Crippen LogP contribution in [0.25, 0.3) is 0 Å². The van der Waals surface area contributed by atoms with E-state index in [4.69, 9.17) is 0 Å². The second kappa shape index (κ2) is 4.22. The molecule has 0 spiro atoms. The molecule has 0 saturated carbocycles. The van der Waals surface area contributed by atoms with Gasteiger partial charge in [-0.05, 0) is 0 Å². The van der Waals surface area contributed by atoms with E-state index in [1.807, 2.05) is 0 Å². The monoisotopic (exact) mass is 262 g/mol. The Hall–Kier alpha value is -1.81. The second-order valence-electron chi connectivity index (χ2n) is 2.86. The van der Waals surface area contributed by atoms with Crippen LogP contribution in [0.2, 0.25) is 0 Å². The smallest absolute Gasteiger partial charge is 0.272 e. The van der Waals surface area contributed by atoms with E-state index in [0.29, 0.717) is 4.68 Å². The molecule has 11 heteroatoms. The van der Waals surface area contributed by atoms with E-state index in [2.05, 4.69) is 10.2 Å². The highest BCUT2D eigenvalue weighted by Crippen LogP contribution is 2.39. The van der Waals surface area contributed by atoms with Crippen LogP contribution < -0.4 is 5.43 Å². The van der Waals surface area contributed by atoms with Crippen molar-refractivity contribution in [2.45, 2.75) is 12.4 Å². The van der Waals surface area contributed by atoms with Crippen LogP contribution in [-0.2, 0) is 4.79 Å². The van der Waals surface area contributed by atoms with Crippen molar-refractivity contribution in [1.29, 1.82) is 0 Å². The number of alkyl halides is 6. The summed E-state index contributed by atoms with van der Waals surface area (Å²) in [6.07, 6.45) is -9.98. The fourth-order valence-corrected chi connectivity index (χ4v) is 0.933. The van der Waals surface area contributed by atoms with Gasteiger partial charge in [-0.25, -0.2) is 4.68 Å². The van der Waals surface area contributed by atoms with Crippen LogP contribution in [0.1, 0.15) is 0 Å². The Bertz CT molecular complexity index is 368. The Morgan fingerprint density at radius 1 is 1.06 bits per heavy atom. The van der Waals surface area contributed by atoms with E-state index in [0.717, 1.165) is 12.7 Å². The first kappa shape index (κ1) is 13.3. The Morgan fingerprint density at radius 2 is 1.47 bits per heavy atom. The molecule has 1 N–H and O–H groups in total. The maximum Gasteiger partial charge on any atom is 0.409 e. The number of carbonyl (C=O) groups excluding carboxylic acids is 1. The fourth-order valence-electron chi connectivity index (χ4n) is 0.933. The van der Waals surface area contributed by atoms with Gasteiger partial charge in [-0.1, -0.05) is 0 Å². The molecule has 0 aliphatic heterocycles. The fraction of sp³-hybridized carbons (Fsp3) is 0.500. The number of hydrogen-bond donors (Lipinski definition) is 1. The third-order valence-corrected chi connectivity index (χ3v) is 1.57. The van der Waals surface area contributed by atoms with Gasteiger partial charge in [0.1, 0.15) is 12.7 Å². The molecule has 0 aliphatic carbocycles. The van der Waals surface area contributed by atoms with Crippen LogP contribution in [-0.4, -0.2) is 33.1 Å². The van der Waals surface area contributed by atoms with Crippen molar-refractivity contribution in [2.24, 2.45) is 5.92 Å². The first-order chi connectivity index (χ1) is 7.62. The number of halogens is 6. The molecule has 0 radical (unpaired) electrons. The van der Waals surface area contributed by atoms with Crippen molar-refractivity contribution >= 4 is 5.91 Å². The molecule has 0 fully saturated rings. The molecule has 0 bridgehead atoms. The van der Waals surface area contributed by atoms with E-state index < -0.39 is 24.2 Å². The van der Waals surface area contributed by atoms with Crippen LogP contribution in [0.5, 0.6) is 0 Å². The average Bonchev–Trinajstić information content (AvgIpc) is 2.49. The number of nitrogens with zero attached hydrogens (tertiary/aromatic N) is 3. The number of amides is 1. The maximum atomic E-state index is 12.1. The largest absolute Gasteiger partial charge is 0.409 e. The lowest BCUT2D eigenvalue weighted by molar-refractivity contribution is -0.272. The average molecular weight is 262 g/mol. The summed E-state index contributed by atoms with van der Waals surface area (Å²) in [5, 5.41) is 6.19. The normalized spacial score (nSPS) is 12.9. The molecule has 0 unspecified atom stereocenters.